The van der Waals surface area contributed by atoms with Crippen molar-refractivity contribution >= 4 is 17.7 Å². The van der Waals surface area contributed by atoms with E-state index in [0.717, 1.165) is 94.7 Å². The van der Waals surface area contributed by atoms with Crippen molar-refractivity contribution in [2.75, 3.05) is 26.7 Å². The van der Waals surface area contributed by atoms with Crippen LogP contribution >= 0.6 is 0 Å². The monoisotopic (exact) mass is 937 g/mol. The van der Waals surface area contributed by atoms with Gasteiger partial charge in [-0.2, -0.15) is 0 Å². The normalized spacial score (nSPS) is 42.0. The number of esters is 1. The molecule has 9 aliphatic carbocycles. The number of nitrogens with two attached hydrogens (primary N) is 1. The number of likely N-dealkylation sites (N-methyl/N-ethyl adjacent to an activating group) is 1. The summed E-state index contributed by atoms with van der Waals surface area (Å²) in [4.78, 5) is 41.6. The van der Waals surface area contributed by atoms with Gasteiger partial charge in [-0.25, -0.2) is 0 Å². The number of hydrogen-bond donors (Lipinski definition) is 4. The molecule has 0 aromatic carbocycles. The van der Waals surface area contributed by atoms with Crippen LogP contribution in [0.1, 0.15) is 163 Å². The topological polar surface area (TPSA) is 160 Å². The highest BCUT2D eigenvalue weighted by atomic mass is 16.5. The lowest BCUT2D eigenvalue weighted by Gasteiger charge is -2.64. The van der Waals surface area contributed by atoms with Gasteiger partial charge in [0.15, 0.2) is 5.78 Å². The zero-order valence-corrected chi connectivity index (χ0v) is 42.3. The van der Waals surface area contributed by atoms with Crippen molar-refractivity contribution in [2.24, 2.45) is 75.2 Å². The lowest BCUT2D eigenvalue weighted by Crippen LogP contribution is -2.63. The van der Waals surface area contributed by atoms with E-state index in [1.807, 2.05) is 6.92 Å². The summed E-state index contributed by atoms with van der Waals surface area (Å²) in [6.07, 6.45) is 22.3. The summed E-state index contributed by atoms with van der Waals surface area (Å²) < 4.78 is 13.3. The molecule has 0 aliphatic heterocycles. The number of aliphatic hydroxyl groups excluding tert-OH is 1. The summed E-state index contributed by atoms with van der Waals surface area (Å²) >= 11 is 0. The third kappa shape index (κ3) is 8.51. The van der Waals surface area contributed by atoms with Crippen molar-refractivity contribution < 1.29 is 39.2 Å². The molecule has 5 N–H and O–H groups in total. The van der Waals surface area contributed by atoms with Gasteiger partial charge in [0.1, 0.15) is 11.7 Å². The fourth-order valence-electron chi connectivity index (χ4n) is 17.5. The maximum Gasteiger partial charge on any atom is 0.306 e. The molecule has 0 radical (unpaired) electrons. The third-order valence-corrected chi connectivity index (χ3v) is 21.2. The summed E-state index contributed by atoms with van der Waals surface area (Å²) in [5.41, 5.74) is 10.5. The van der Waals surface area contributed by atoms with Gasteiger partial charge in [-0.05, 0) is 192 Å². The third-order valence-electron chi connectivity index (χ3n) is 21.2. The molecule has 0 bridgehead atoms. The number of carbonyl (C=O) groups is 3. The molecule has 0 unspecified atom stereocenters. The van der Waals surface area contributed by atoms with Crippen LogP contribution < -0.4 is 5.73 Å². The Morgan fingerprint density at radius 3 is 2.56 bits per heavy atom. The van der Waals surface area contributed by atoms with Gasteiger partial charge in [0.05, 0.1) is 25.2 Å². The highest BCUT2D eigenvalue weighted by Gasteiger charge is 2.67. The average molecular weight is 937 g/mol. The Kier molecular flexibility index (Phi) is 14.2. The molecule has 10 nitrogen and oxygen atoms in total. The first-order valence-corrected chi connectivity index (χ1v) is 27.1. The summed E-state index contributed by atoms with van der Waals surface area (Å²) in [5.74, 6) is 7.58. The quantitative estimate of drug-likeness (QED) is 0.0977. The highest BCUT2D eigenvalue weighted by molar-refractivity contribution is 5.99. The number of carboxylic acid groups (broad SMARTS) is 1. The van der Waals surface area contributed by atoms with Crippen molar-refractivity contribution in [3.63, 3.8) is 0 Å². The molecule has 16 atom stereocenters. The van der Waals surface area contributed by atoms with Gasteiger partial charge in [-0.1, -0.05) is 51.3 Å². The van der Waals surface area contributed by atoms with Crippen LogP contribution in [0.2, 0.25) is 0 Å². The van der Waals surface area contributed by atoms with Crippen LogP contribution in [0.15, 0.2) is 46.2 Å². The van der Waals surface area contributed by atoms with Crippen molar-refractivity contribution in [3.8, 4) is 11.8 Å². The van der Waals surface area contributed by atoms with Crippen LogP contribution in [0.5, 0.6) is 0 Å². The molecule has 0 aromatic rings. The fraction of sp³-hybridized carbons (Fsp3) is 0.776. The van der Waals surface area contributed by atoms with E-state index in [9.17, 15) is 29.7 Å². The lowest BCUT2D eigenvalue weighted by molar-refractivity contribution is -0.219. The van der Waals surface area contributed by atoms with E-state index in [0.29, 0.717) is 70.1 Å². The molecule has 0 heterocycles. The van der Waals surface area contributed by atoms with Crippen molar-refractivity contribution in [1.82, 2.24) is 4.90 Å². The number of fused-ring (bicyclic) bond motifs is 9. The minimum absolute atomic E-state index is 0.00278. The SMILES string of the molecule is CC#C[C@]1(O)CC[C@H]2[C@@H]3CCC4=CCCCC4=C3[C@@H](C3=CC=C(N(C)CCO[C@H]4CC[C@@]5(C)[C@@H](C4)C[C@@H](OC(=O)CCCN)[C@@H]4[C@@H]5C[C@H](O)[C@]5(C)[C@@H]([C@H](C)CCC(=O)O)CC[C@@H]45)CC3=O)C[C@@]21C. The van der Waals surface area contributed by atoms with Crippen molar-refractivity contribution in [3.05, 3.63) is 46.2 Å². The number of aliphatic carboxylic acids is 1. The Balaban J connectivity index is 0.878. The van der Waals surface area contributed by atoms with Gasteiger partial charge in [0.2, 0.25) is 0 Å². The smallest absolute Gasteiger partial charge is 0.306 e. The number of carbonyl (C=O) groups excluding carboxylic acids is 2. The Morgan fingerprint density at radius 2 is 1.81 bits per heavy atom. The van der Waals surface area contributed by atoms with E-state index < -0.39 is 17.7 Å². The van der Waals surface area contributed by atoms with Gasteiger partial charge >= 0.3 is 11.9 Å². The number of carboxylic acids is 1. The summed E-state index contributed by atoms with van der Waals surface area (Å²) in [7, 11) is 2.07. The van der Waals surface area contributed by atoms with Crippen LogP contribution in [0.3, 0.4) is 0 Å². The average Bonchev–Trinajstić information content (AvgIpc) is 3.81. The van der Waals surface area contributed by atoms with Gasteiger partial charge in [0, 0.05) is 55.0 Å². The molecule has 0 saturated heterocycles. The van der Waals surface area contributed by atoms with E-state index in [2.05, 4.69) is 69.7 Å². The van der Waals surface area contributed by atoms with Gasteiger partial charge in [-0.3, -0.25) is 14.4 Å². The standard InChI is InChI=1S/C58H84N2O8/c1-7-24-58(66)26-23-45-42-17-15-36-11-8-9-12-40(36)53(42)43(34-56(45,58)4)41-18-16-38(32-48(41)61)60(6)28-29-67-39-22-25-55(3)37(30-39)31-49(68-52(65)13-10-27-59)54-46-20-19-44(35(2)14-21-51(63)64)57(46,5)50(62)33-47(54)55/h11,16,18,35,37,39,42-47,49-50,54,62,66H,8-10,12-15,17,19-23,25-34,59H2,1-6H3,(H,63,64)/t35-,37+,39+,42+,43-,44-,45+,46+,47+,49-,50+,54+,55+,56+,57-,58+/m1/s1. The second kappa shape index (κ2) is 19.4. The van der Waals surface area contributed by atoms with E-state index in [-0.39, 0.29) is 88.1 Å². The van der Waals surface area contributed by atoms with Gasteiger partial charge in [0.25, 0.3) is 0 Å². The zero-order valence-electron chi connectivity index (χ0n) is 42.3. The lowest BCUT2D eigenvalue weighted by atomic mass is 9.43. The number of ether oxygens (including phenoxy) is 2. The van der Waals surface area contributed by atoms with Crippen LogP contribution in [0.25, 0.3) is 0 Å². The largest absolute Gasteiger partial charge is 0.481 e. The molecule has 9 aliphatic rings. The molecular formula is C58H84N2O8. The maximum absolute atomic E-state index is 14.5. The Bertz CT molecular complexity index is 2160. The first-order chi connectivity index (χ1) is 32.5. The molecule has 9 rings (SSSR count). The molecule has 68 heavy (non-hydrogen) atoms. The number of allylic oxidation sites excluding steroid dienone is 8. The second-order valence-corrected chi connectivity index (χ2v) is 24.2. The minimum Gasteiger partial charge on any atom is -0.481 e. The Hall–Kier alpha value is -3.23. The molecule has 6 fully saturated rings. The van der Waals surface area contributed by atoms with E-state index in [1.54, 1.807) is 0 Å². The van der Waals surface area contributed by atoms with Gasteiger partial charge < -0.3 is 35.4 Å². The molecule has 0 aromatic heterocycles. The Morgan fingerprint density at radius 1 is 1.00 bits per heavy atom. The number of rotatable bonds is 14. The predicted octanol–water partition coefficient (Wildman–Crippen LogP) is 9.49. The van der Waals surface area contributed by atoms with Crippen LogP contribution in [-0.4, -0.2) is 88.6 Å². The van der Waals surface area contributed by atoms with E-state index in [4.69, 9.17) is 15.2 Å². The molecule has 0 spiro atoms. The summed E-state index contributed by atoms with van der Waals surface area (Å²) in [5, 5.41) is 33.9. The summed E-state index contributed by atoms with van der Waals surface area (Å²) in [6, 6.07) is 0. The number of aliphatic hydroxyl groups is 2. The van der Waals surface area contributed by atoms with Crippen LogP contribution in [0, 0.1) is 81.3 Å². The molecule has 10 heteroatoms. The first kappa shape index (κ1) is 49.7. The first-order valence-electron chi connectivity index (χ1n) is 27.1. The molecule has 0 amide bonds. The van der Waals surface area contributed by atoms with Gasteiger partial charge in [-0.15, -0.1) is 5.92 Å². The van der Waals surface area contributed by atoms with Crippen molar-refractivity contribution in [1.29, 1.82) is 0 Å². The van der Waals surface area contributed by atoms with E-state index >= 15 is 0 Å². The van der Waals surface area contributed by atoms with Crippen molar-refractivity contribution in [2.45, 2.75) is 187 Å². The summed E-state index contributed by atoms with van der Waals surface area (Å²) in [6.45, 7) is 12.6. The van der Waals surface area contributed by atoms with E-state index in [1.165, 1.54) is 16.7 Å². The predicted molar refractivity (Wildman–Crippen MR) is 263 cm³/mol. The minimum atomic E-state index is -1.04. The number of hydrogen-bond acceptors (Lipinski definition) is 9. The number of nitrogens with zero attached hydrogens (tertiary/aromatic N) is 1. The zero-order chi connectivity index (χ0) is 48.3. The van der Waals surface area contributed by atoms with Crippen LogP contribution in [-0.2, 0) is 23.9 Å². The fourth-order valence-corrected chi connectivity index (χ4v) is 17.5. The number of ketones is 1. The molecule has 6 saturated carbocycles. The Labute approximate surface area is 407 Å². The highest BCUT2D eigenvalue weighted by Crippen LogP contribution is 2.70. The molecule has 374 valence electrons. The second-order valence-electron chi connectivity index (χ2n) is 24.2. The van der Waals surface area contributed by atoms with Crippen LogP contribution in [0.4, 0.5) is 0 Å². The maximum atomic E-state index is 14.5. The molecular weight excluding hydrogens is 853 g/mol. The number of Topliss-reactive ketones (excluding diaryl/α,β-unsaturated/α-hetero) is 1.